The van der Waals surface area contributed by atoms with Gasteiger partial charge in [-0.3, -0.25) is 9.69 Å². The van der Waals surface area contributed by atoms with Crippen molar-refractivity contribution in [2.45, 2.75) is 6.54 Å². The smallest absolute Gasteiger partial charge is 0.337 e. The molecule has 0 unspecified atom stereocenters. The first kappa shape index (κ1) is 20.4. The second-order valence-electron chi connectivity index (χ2n) is 6.46. The lowest BCUT2D eigenvalue weighted by Gasteiger charge is -2.14. The fourth-order valence-electron chi connectivity index (χ4n) is 2.96. The SMILES string of the molecule is O=C(O)c1cc(-c2ccc(/C=C3\SC(=S)N(Cc4ccccc4)C3=O)o2)ccc1Cl. The summed E-state index contributed by atoms with van der Waals surface area (Å²) < 4.78 is 6.29. The second-order valence-corrected chi connectivity index (χ2v) is 8.54. The van der Waals surface area contributed by atoms with Crippen LogP contribution < -0.4 is 0 Å². The minimum atomic E-state index is -1.12. The molecule has 0 spiro atoms. The summed E-state index contributed by atoms with van der Waals surface area (Å²) in [5, 5.41) is 9.39. The molecule has 0 saturated carbocycles. The largest absolute Gasteiger partial charge is 0.478 e. The van der Waals surface area contributed by atoms with Gasteiger partial charge in [-0.1, -0.05) is 65.9 Å². The molecule has 3 aromatic rings. The maximum absolute atomic E-state index is 12.8. The fraction of sp³-hybridized carbons (Fsp3) is 0.0455. The van der Waals surface area contributed by atoms with Gasteiger partial charge in [0.2, 0.25) is 0 Å². The Morgan fingerprint density at radius 1 is 1.17 bits per heavy atom. The average molecular weight is 456 g/mol. The molecule has 0 aliphatic carbocycles. The number of rotatable bonds is 5. The third kappa shape index (κ3) is 4.18. The van der Waals surface area contributed by atoms with E-state index in [2.05, 4.69) is 0 Å². The number of furan rings is 1. The van der Waals surface area contributed by atoms with E-state index in [0.717, 1.165) is 5.56 Å². The number of aromatic carboxylic acids is 1. The van der Waals surface area contributed by atoms with E-state index in [-0.39, 0.29) is 16.5 Å². The third-order valence-corrected chi connectivity index (χ3v) is 6.15. The number of thioether (sulfide) groups is 1. The zero-order valence-corrected chi connectivity index (χ0v) is 17.8. The van der Waals surface area contributed by atoms with E-state index in [4.69, 9.17) is 28.2 Å². The molecular formula is C22H14ClNO4S2. The minimum absolute atomic E-state index is 0.00565. The zero-order valence-electron chi connectivity index (χ0n) is 15.4. The number of carboxylic acid groups (broad SMARTS) is 1. The highest BCUT2D eigenvalue weighted by atomic mass is 35.5. The predicted molar refractivity (Wildman–Crippen MR) is 121 cm³/mol. The summed E-state index contributed by atoms with van der Waals surface area (Å²) in [6.07, 6.45) is 1.64. The summed E-state index contributed by atoms with van der Waals surface area (Å²) >= 11 is 12.5. The molecule has 0 bridgehead atoms. The van der Waals surface area contributed by atoms with Gasteiger partial charge in [0.1, 0.15) is 15.8 Å². The van der Waals surface area contributed by atoms with Gasteiger partial charge in [-0.15, -0.1) is 0 Å². The molecule has 30 heavy (non-hydrogen) atoms. The molecular weight excluding hydrogens is 442 g/mol. The van der Waals surface area contributed by atoms with Crippen LogP contribution in [0.25, 0.3) is 17.4 Å². The number of benzene rings is 2. The normalized spacial score (nSPS) is 15.2. The van der Waals surface area contributed by atoms with Gasteiger partial charge in [-0.25, -0.2) is 4.79 Å². The number of hydrogen-bond donors (Lipinski definition) is 1. The van der Waals surface area contributed by atoms with Gasteiger partial charge in [0.05, 0.1) is 22.0 Å². The van der Waals surface area contributed by atoms with E-state index in [0.29, 0.717) is 32.9 Å². The molecule has 1 aliphatic heterocycles. The Hall–Kier alpha value is -2.87. The van der Waals surface area contributed by atoms with Crippen molar-refractivity contribution >= 4 is 57.9 Å². The van der Waals surface area contributed by atoms with E-state index < -0.39 is 5.97 Å². The maximum atomic E-state index is 12.8. The topological polar surface area (TPSA) is 70.8 Å². The average Bonchev–Trinajstić information content (AvgIpc) is 3.29. The van der Waals surface area contributed by atoms with Gasteiger partial charge in [-0.2, -0.15) is 0 Å². The molecule has 1 fully saturated rings. The summed E-state index contributed by atoms with van der Waals surface area (Å²) in [6, 6.07) is 17.7. The molecule has 2 aromatic carbocycles. The van der Waals surface area contributed by atoms with Gasteiger partial charge in [0, 0.05) is 11.6 Å². The van der Waals surface area contributed by atoms with Gasteiger partial charge >= 0.3 is 5.97 Å². The number of hydrogen-bond acceptors (Lipinski definition) is 5. The van der Waals surface area contributed by atoms with Crippen molar-refractivity contribution in [1.82, 2.24) is 4.90 Å². The monoisotopic (exact) mass is 455 g/mol. The predicted octanol–water partition coefficient (Wildman–Crippen LogP) is 5.70. The summed E-state index contributed by atoms with van der Waals surface area (Å²) in [4.78, 5) is 26.1. The molecule has 8 heteroatoms. The van der Waals surface area contributed by atoms with E-state index in [9.17, 15) is 14.7 Å². The first-order chi connectivity index (χ1) is 14.4. The van der Waals surface area contributed by atoms with Crippen LogP contribution in [0.3, 0.4) is 0 Å². The number of nitrogens with zero attached hydrogens (tertiary/aromatic N) is 1. The van der Waals surface area contributed by atoms with Crippen LogP contribution in [0.15, 0.2) is 70.0 Å². The van der Waals surface area contributed by atoms with Crippen LogP contribution in [0.4, 0.5) is 0 Å². The molecule has 1 saturated heterocycles. The van der Waals surface area contributed by atoms with Crippen LogP contribution in [0.1, 0.15) is 21.7 Å². The Balaban J connectivity index is 1.56. The van der Waals surface area contributed by atoms with Gasteiger partial charge in [-0.05, 0) is 35.9 Å². The van der Waals surface area contributed by atoms with E-state index >= 15 is 0 Å². The molecule has 5 nitrogen and oxygen atoms in total. The number of carboxylic acids is 1. The van der Waals surface area contributed by atoms with Gasteiger partial charge < -0.3 is 9.52 Å². The van der Waals surface area contributed by atoms with Gasteiger partial charge in [0.25, 0.3) is 5.91 Å². The Labute approximate surface area is 186 Å². The van der Waals surface area contributed by atoms with Crippen molar-refractivity contribution in [2.24, 2.45) is 0 Å². The number of carbonyl (C=O) groups is 2. The van der Waals surface area contributed by atoms with Gasteiger partial charge in [0.15, 0.2) is 0 Å². The first-order valence-corrected chi connectivity index (χ1v) is 10.4. The lowest BCUT2D eigenvalue weighted by Crippen LogP contribution is -2.27. The highest BCUT2D eigenvalue weighted by molar-refractivity contribution is 8.26. The molecule has 1 aromatic heterocycles. The summed E-state index contributed by atoms with van der Waals surface area (Å²) in [5.41, 5.74) is 1.56. The van der Waals surface area contributed by atoms with Crippen molar-refractivity contribution in [3.8, 4) is 11.3 Å². The van der Waals surface area contributed by atoms with Crippen LogP contribution in [0.5, 0.6) is 0 Å². The molecule has 0 radical (unpaired) electrons. The van der Waals surface area contributed by atoms with Crippen LogP contribution in [0, 0.1) is 0 Å². The summed E-state index contributed by atoms with van der Waals surface area (Å²) in [6.45, 7) is 0.412. The number of thiocarbonyl (C=S) groups is 1. The van der Waals surface area contributed by atoms with Crippen LogP contribution in [0.2, 0.25) is 5.02 Å². The zero-order chi connectivity index (χ0) is 21.3. The maximum Gasteiger partial charge on any atom is 0.337 e. The summed E-state index contributed by atoms with van der Waals surface area (Å²) in [7, 11) is 0. The molecule has 0 atom stereocenters. The van der Waals surface area contributed by atoms with Crippen molar-refractivity contribution in [2.75, 3.05) is 0 Å². The Morgan fingerprint density at radius 2 is 1.93 bits per heavy atom. The van der Waals surface area contributed by atoms with Crippen molar-refractivity contribution in [1.29, 1.82) is 0 Å². The number of halogens is 1. The Morgan fingerprint density at radius 3 is 2.67 bits per heavy atom. The second kappa shape index (κ2) is 8.47. The highest BCUT2D eigenvalue weighted by Gasteiger charge is 2.32. The molecule has 1 amide bonds. The van der Waals surface area contributed by atoms with Crippen LogP contribution >= 0.6 is 35.6 Å². The lowest BCUT2D eigenvalue weighted by molar-refractivity contribution is -0.122. The van der Waals surface area contributed by atoms with E-state index in [1.165, 1.54) is 23.9 Å². The Bertz CT molecular complexity index is 1190. The highest BCUT2D eigenvalue weighted by Crippen LogP contribution is 2.35. The molecule has 1 aliphatic rings. The lowest BCUT2D eigenvalue weighted by atomic mass is 10.1. The van der Waals surface area contributed by atoms with E-state index in [1.54, 1.807) is 29.2 Å². The molecule has 2 heterocycles. The quantitative estimate of drug-likeness (QED) is 0.393. The van der Waals surface area contributed by atoms with E-state index in [1.807, 2.05) is 30.3 Å². The summed E-state index contributed by atoms with van der Waals surface area (Å²) in [5.74, 6) is -0.348. The van der Waals surface area contributed by atoms with Crippen molar-refractivity contribution in [3.63, 3.8) is 0 Å². The van der Waals surface area contributed by atoms with Crippen LogP contribution in [-0.4, -0.2) is 26.2 Å². The molecule has 150 valence electrons. The first-order valence-electron chi connectivity index (χ1n) is 8.85. The molecule has 1 N–H and O–H groups in total. The van der Waals surface area contributed by atoms with Crippen molar-refractivity contribution < 1.29 is 19.1 Å². The standard InChI is InChI=1S/C22H14ClNO4S2/c23-17-8-6-14(10-16(17)21(26)27)18-9-7-15(28-18)11-19-20(25)24(22(29)30-19)12-13-4-2-1-3-5-13/h1-11H,12H2,(H,26,27)/b19-11-. The molecule has 4 rings (SSSR count). The fourth-order valence-corrected chi connectivity index (χ4v) is 4.39. The Kier molecular flexibility index (Phi) is 5.76. The minimum Gasteiger partial charge on any atom is -0.478 e. The number of carbonyl (C=O) groups excluding carboxylic acids is 1. The number of amides is 1. The van der Waals surface area contributed by atoms with Crippen LogP contribution in [-0.2, 0) is 11.3 Å². The third-order valence-electron chi connectivity index (χ3n) is 4.44. The van der Waals surface area contributed by atoms with Crippen molar-refractivity contribution in [3.05, 3.63) is 87.5 Å².